The Balaban J connectivity index is 1.01. The summed E-state index contributed by atoms with van der Waals surface area (Å²) in [6.07, 6.45) is 5.77. The number of fused-ring (bicyclic) bond motifs is 1. The molecule has 2 N–H and O–H groups in total. The van der Waals surface area contributed by atoms with Gasteiger partial charge in [0.15, 0.2) is 5.82 Å². The first-order valence-corrected chi connectivity index (χ1v) is 14.5. The molecule has 0 radical (unpaired) electrons. The second kappa shape index (κ2) is 11.6. The molecule has 226 valence electrons. The fourth-order valence-corrected chi connectivity index (χ4v) is 6.78. The van der Waals surface area contributed by atoms with Crippen molar-refractivity contribution in [2.24, 2.45) is 0 Å². The van der Waals surface area contributed by atoms with E-state index in [1.807, 2.05) is 12.1 Å². The summed E-state index contributed by atoms with van der Waals surface area (Å²) < 4.78 is 38.9. The lowest BCUT2D eigenvalue weighted by molar-refractivity contribution is -0.137. The highest BCUT2D eigenvalue weighted by Crippen LogP contribution is 2.42. The Kier molecular flexibility index (Phi) is 7.86. The Labute approximate surface area is 246 Å². The van der Waals surface area contributed by atoms with Gasteiger partial charge in [0.2, 0.25) is 5.91 Å². The van der Waals surface area contributed by atoms with Crippen LogP contribution in [-0.4, -0.2) is 84.4 Å². The summed E-state index contributed by atoms with van der Waals surface area (Å²) in [6, 6.07) is 7.46. The number of alkyl halides is 3. The molecule has 13 heteroatoms. The summed E-state index contributed by atoms with van der Waals surface area (Å²) in [4.78, 5) is 46.5. The summed E-state index contributed by atoms with van der Waals surface area (Å²) in [5.41, 5.74) is -0.929. The number of carbonyl (C=O) groups excluding carboxylic acids is 2. The molecule has 3 aromatic heterocycles. The number of hydrogen-bond acceptors (Lipinski definition) is 8. The summed E-state index contributed by atoms with van der Waals surface area (Å²) in [6.45, 7) is 1.09. The molecule has 2 unspecified atom stereocenters. The number of halogens is 3. The lowest BCUT2D eigenvalue weighted by atomic mass is 9.79. The first-order valence-electron chi connectivity index (χ1n) is 14.5. The molecule has 3 aromatic rings. The van der Waals surface area contributed by atoms with E-state index in [4.69, 9.17) is 0 Å². The largest absolute Gasteiger partial charge is 0.416 e. The van der Waals surface area contributed by atoms with E-state index in [2.05, 4.69) is 30.2 Å². The summed E-state index contributed by atoms with van der Waals surface area (Å²) in [7, 11) is 0. The number of carbonyl (C=O) groups is 2. The van der Waals surface area contributed by atoms with Gasteiger partial charge in [0.05, 0.1) is 17.8 Å². The van der Waals surface area contributed by atoms with Gasteiger partial charge >= 0.3 is 6.18 Å². The van der Waals surface area contributed by atoms with Gasteiger partial charge in [0.25, 0.3) is 5.91 Å². The average molecular weight is 596 g/mol. The zero-order valence-electron chi connectivity index (χ0n) is 23.4. The maximum absolute atomic E-state index is 13.0. The van der Waals surface area contributed by atoms with Crippen molar-refractivity contribution in [3.63, 3.8) is 0 Å². The SMILES string of the molecule is O=C(NCC(=O)N1CCC2C1CCN2C1CCC(O)(c2ccc(-c3ncccn3)cn2)CC1)c1cc(C(F)(F)F)ccn1. The molecule has 0 spiro atoms. The molecule has 2 saturated heterocycles. The van der Waals surface area contributed by atoms with Crippen molar-refractivity contribution in [2.75, 3.05) is 19.6 Å². The number of aliphatic hydroxyl groups is 1. The van der Waals surface area contributed by atoms with Gasteiger partial charge in [-0.15, -0.1) is 0 Å². The molecule has 5 heterocycles. The normalized spacial score (nSPS) is 25.9. The van der Waals surface area contributed by atoms with Crippen molar-refractivity contribution in [3.8, 4) is 11.4 Å². The van der Waals surface area contributed by atoms with Gasteiger partial charge in [-0.25, -0.2) is 9.97 Å². The quantitative estimate of drug-likeness (QED) is 0.446. The fourth-order valence-electron chi connectivity index (χ4n) is 6.78. The van der Waals surface area contributed by atoms with E-state index in [-0.39, 0.29) is 36.3 Å². The molecule has 1 aliphatic carbocycles. The van der Waals surface area contributed by atoms with Crippen molar-refractivity contribution in [2.45, 2.75) is 68.4 Å². The van der Waals surface area contributed by atoms with Crippen LogP contribution in [0.4, 0.5) is 13.2 Å². The van der Waals surface area contributed by atoms with Crippen LogP contribution in [0.1, 0.15) is 60.3 Å². The van der Waals surface area contributed by atoms with Gasteiger partial charge in [-0.1, -0.05) is 0 Å². The van der Waals surface area contributed by atoms with Gasteiger partial charge in [0, 0.05) is 61.6 Å². The Bertz CT molecular complexity index is 1460. The molecular weight excluding hydrogens is 563 g/mol. The summed E-state index contributed by atoms with van der Waals surface area (Å²) >= 11 is 0. The number of amides is 2. The van der Waals surface area contributed by atoms with Crippen LogP contribution >= 0.6 is 0 Å². The minimum absolute atomic E-state index is 0.0197. The van der Waals surface area contributed by atoms with E-state index in [9.17, 15) is 27.9 Å². The zero-order chi connectivity index (χ0) is 30.2. The van der Waals surface area contributed by atoms with Crippen molar-refractivity contribution in [1.29, 1.82) is 0 Å². The highest BCUT2D eigenvalue weighted by atomic mass is 19.4. The average Bonchev–Trinajstić information content (AvgIpc) is 3.63. The number of likely N-dealkylation sites (tertiary alicyclic amines) is 2. The third-order valence-electron chi connectivity index (χ3n) is 8.98. The molecule has 6 rings (SSSR count). The van der Waals surface area contributed by atoms with Gasteiger partial charge in [0.1, 0.15) is 11.3 Å². The van der Waals surface area contributed by atoms with Crippen LogP contribution in [0.3, 0.4) is 0 Å². The summed E-state index contributed by atoms with van der Waals surface area (Å²) in [5.74, 6) is -0.501. The number of rotatable bonds is 6. The zero-order valence-corrected chi connectivity index (χ0v) is 23.4. The van der Waals surface area contributed by atoms with Crippen LogP contribution in [0.2, 0.25) is 0 Å². The van der Waals surface area contributed by atoms with E-state index < -0.39 is 23.2 Å². The van der Waals surface area contributed by atoms with E-state index in [0.717, 1.165) is 50.1 Å². The maximum atomic E-state index is 13.0. The summed E-state index contributed by atoms with van der Waals surface area (Å²) in [5, 5.41) is 13.9. The minimum Gasteiger partial charge on any atom is -0.384 e. The molecular formula is C30H32F3N7O3. The Morgan fingerprint density at radius 3 is 2.40 bits per heavy atom. The molecule has 10 nitrogen and oxygen atoms in total. The molecule has 2 aliphatic heterocycles. The third kappa shape index (κ3) is 5.96. The number of nitrogens with zero attached hydrogens (tertiary/aromatic N) is 6. The molecule has 2 amide bonds. The molecule has 43 heavy (non-hydrogen) atoms. The highest BCUT2D eigenvalue weighted by molar-refractivity contribution is 5.95. The van der Waals surface area contributed by atoms with Gasteiger partial charge in [-0.05, 0) is 68.9 Å². The van der Waals surface area contributed by atoms with Crippen LogP contribution in [0, 0.1) is 0 Å². The van der Waals surface area contributed by atoms with Crippen molar-refractivity contribution < 1.29 is 27.9 Å². The van der Waals surface area contributed by atoms with Crippen molar-refractivity contribution in [3.05, 3.63) is 72.1 Å². The number of aromatic nitrogens is 4. The molecule has 3 aliphatic rings. The Morgan fingerprint density at radius 1 is 0.953 bits per heavy atom. The monoisotopic (exact) mass is 595 g/mol. The van der Waals surface area contributed by atoms with Crippen molar-refractivity contribution in [1.82, 2.24) is 35.1 Å². The van der Waals surface area contributed by atoms with E-state index in [1.54, 1.807) is 29.6 Å². The predicted molar refractivity (Wildman–Crippen MR) is 148 cm³/mol. The first-order chi connectivity index (χ1) is 20.6. The molecule has 1 saturated carbocycles. The minimum atomic E-state index is -4.59. The second-order valence-corrected chi connectivity index (χ2v) is 11.4. The maximum Gasteiger partial charge on any atom is 0.416 e. The Hall–Kier alpha value is -3.97. The number of hydrogen-bond donors (Lipinski definition) is 2. The number of pyridine rings is 2. The van der Waals surface area contributed by atoms with Crippen LogP contribution in [0.25, 0.3) is 11.4 Å². The predicted octanol–water partition coefficient (Wildman–Crippen LogP) is 3.19. The van der Waals surface area contributed by atoms with Gasteiger partial charge < -0.3 is 15.3 Å². The van der Waals surface area contributed by atoms with Crippen molar-refractivity contribution >= 4 is 11.8 Å². The van der Waals surface area contributed by atoms with Crippen LogP contribution in [-0.2, 0) is 16.6 Å². The molecule has 3 fully saturated rings. The standard InChI is InChI=1S/C30H32F3N7O3/c31-30(32,33)20-6-13-34-22(16-20)28(42)38-18-26(41)40-15-8-23-24(40)7-14-39(23)21-4-9-29(43,10-5-21)25-3-2-19(17-37-25)27-35-11-1-12-36-27/h1-3,6,11-13,16-17,21,23-24,43H,4-5,7-10,14-15,18H2,(H,38,42). The van der Waals surface area contributed by atoms with E-state index in [0.29, 0.717) is 37.0 Å². The molecule has 0 aromatic carbocycles. The van der Waals surface area contributed by atoms with E-state index >= 15 is 0 Å². The first kappa shape index (κ1) is 29.1. The topological polar surface area (TPSA) is 124 Å². The van der Waals surface area contributed by atoms with E-state index in [1.165, 1.54) is 0 Å². The van der Waals surface area contributed by atoms with Crippen LogP contribution < -0.4 is 5.32 Å². The van der Waals surface area contributed by atoms with Gasteiger partial charge in [-0.3, -0.25) is 24.5 Å². The lowest BCUT2D eigenvalue weighted by Gasteiger charge is -2.41. The smallest absolute Gasteiger partial charge is 0.384 e. The van der Waals surface area contributed by atoms with Gasteiger partial charge in [-0.2, -0.15) is 13.2 Å². The van der Waals surface area contributed by atoms with Crippen LogP contribution in [0.15, 0.2) is 55.1 Å². The van der Waals surface area contributed by atoms with Crippen LogP contribution in [0.5, 0.6) is 0 Å². The third-order valence-corrected chi connectivity index (χ3v) is 8.98. The molecule has 0 bridgehead atoms. The molecule has 2 atom stereocenters. The fraction of sp³-hybridized carbons (Fsp3) is 0.467. The number of nitrogens with one attached hydrogen (secondary N) is 1. The highest BCUT2D eigenvalue weighted by Gasteiger charge is 2.48. The lowest BCUT2D eigenvalue weighted by Crippen LogP contribution is -2.47. The second-order valence-electron chi connectivity index (χ2n) is 11.4. The Morgan fingerprint density at radius 2 is 1.70 bits per heavy atom.